The maximum absolute atomic E-state index is 12.6. The van der Waals surface area contributed by atoms with E-state index in [1.165, 1.54) is 5.39 Å². The van der Waals surface area contributed by atoms with Crippen LogP contribution in [0.4, 0.5) is 5.82 Å². The number of ether oxygens (including phenoxy) is 1. The van der Waals surface area contributed by atoms with Gasteiger partial charge in [-0.2, -0.15) is 0 Å². The van der Waals surface area contributed by atoms with Gasteiger partial charge in [-0.1, -0.05) is 36.4 Å². The zero-order valence-corrected chi connectivity index (χ0v) is 18.4. The first-order valence-corrected chi connectivity index (χ1v) is 11.4. The number of benzene rings is 2. The van der Waals surface area contributed by atoms with Crippen LogP contribution in [-0.2, 0) is 4.79 Å². The molecule has 5 rings (SSSR count). The summed E-state index contributed by atoms with van der Waals surface area (Å²) in [7, 11) is 0. The van der Waals surface area contributed by atoms with Gasteiger partial charge in [0.05, 0.1) is 12.1 Å². The fourth-order valence-corrected chi connectivity index (χ4v) is 4.30. The summed E-state index contributed by atoms with van der Waals surface area (Å²) in [5.41, 5.74) is 1.12. The van der Waals surface area contributed by atoms with Crippen LogP contribution in [0.1, 0.15) is 12.8 Å². The molecule has 0 aliphatic carbocycles. The molecule has 0 radical (unpaired) electrons. The molecule has 0 spiro atoms. The minimum Gasteiger partial charge on any atom is -0.492 e. The van der Waals surface area contributed by atoms with E-state index in [1.807, 2.05) is 54.7 Å². The lowest BCUT2D eigenvalue weighted by Crippen LogP contribution is -2.41. The third-order valence-corrected chi connectivity index (χ3v) is 6.09. The Morgan fingerprint density at radius 2 is 1.73 bits per heavy atom. The van der Waals surface area contributed by atoms with Crippen molar-refractivity contribution in [3.05, 3.63) is 79.3 Å². The Morgan fingerprint density at radius 3 is 2.58 bits per heavy atom. The van der Waals surface area contributed by atoms with Gasteiger partial charge in [-0.05, 0) is 42.5 Å². The van der Waals surface area contributed by atoms with E-state index in [2.05, 4.69) is 43.0 Å². The molecule has 7 nitrogen and oxygen atoms in total. The van der Waals surface area contributed by atoms with Crippen molar-refractivity contribution in [3.63, 3.8) is 0 Å². The molecular formula is C26H27N5O2. The molecule has 1 fully saturated rings. The predicted molar refractivity (Wildman–Crippen MR) is 129 cm³/mol. The molecule has 2 aromatic carbocycles. The predicted octanol–water partition coefficient (Wildman–Crippen LogP) is 3.83. The van der Waals surface area contributed by atoms with Gasteiger partial charge in [-0.3, -0.25) is 4.79 Å². The molecule has 33 heavy (non-hydrogen) atoms. The van der Waals surface area contributed by atoms with Crippen LogP contribution in [0, 0.1) is 5.92 Å². The summed E-state index contributed by atoms with van der Waals surface area (Å²) in [6.07, 6.45) is 5.26. The highest BCUT2D eigenvalue weighted by atomic mass is 16.5. The number of carbonyl (C=O) groups is 1. The van der Waals surface area contributed by atoms with Crippen LogP contribution in [0.15, 0.2) is 79.3 Å². The molecule has 0 unspecified atom stereocenters. The average molecular weight is 442 g/mol. The second-order valence-corrected chi connectivity index (χ2v) is 8.19. The Labute approximate surface area is 193 Å². The van der Waals surface area contributed by atoms with E-state index in [-0.39, 0.29) is 11.8 Å². The average Bonchev–Trinajstić information content (AvgIpc) is 3.32. The Hall–Kier alpha value is -3.87. The summed E-state index contributed by atoms with van der Waals surface area (Å²) in [5, 5.41) is 4.19. The molecule has 3 heterocycles. The Bertz CT molecular complexity index is 1220. The Kier molecular flexibility index (Phi) is 6.19. The van der Waals surface area contributed by atoms with Gasteiger partial charge in [-0.25, -0.2) is 9.97 Å². The maximum Gasteiger partial charge on any atom is 0.223 e. The van der Waals surface area contributed by atoms with E-state index in [0.717, 1.165) is 48.8 Å². The summed E-state index contributed by atoms with van der Waals surface area (Å²) in [5.74, 6) is 2.69. The van der Waals surface area contributed by atoms with E-state index < -0.39 is 0 Å². The number of para-hydroxylation sites is 2. The fraction of sp³-hybridized carbons (Fsp3) is 0.269. The molecule has 168 valence electrons. The second-order valence-electron chi connectivity index (χ2n) is 8.19. The molecule has 0 atom stereocenters. The van der Waals surface area contributed by atoms with Crippen LogP contribution >= 0.6 is 0 Å². The lowest BCUT2D eigenvalue weighted by Gasteiger charge is -2.32. The molecule has 0 bridgehead atoms. The molecule has 1 amide bonds. The van der Waals surface area contributed by atoms with Crippen LogP contribution in [0.2, 0.25) is 0 Å². The summed E-state index contributed by atoms with van der Waals surface area (Å²) in [4.78, 5) is 23.8. The maximum atomic E-state index is 12.6. The smallest absolute Gasteiger partial charge is 0.223 e. The van der Waals surface area contributed by atoms with Crippen molar-refractivity contribution in [1.29, 1.82) is 0 Å². The zero-order chi connectivity index (χ0) is 22.5. The molecule has 1 N–H and O–H groups in total. The van der Waals surface area contributed by atoms with Crippen molar-refractivity contribution in [3.8, 4) is 11.6 Å². The monoisotopic (exact) mass is 441 g/mol. The van der Waals surface area contributed by atoms with E-state index in [9.17, 15) is 4.79 Å². The number of amides is 1. The van der Waals surface area contributed by atoms with Gasteiger partial charge >= 0.3 is 0 Å². The molecule has 1 saturated heterocycles. The quantitative estimate of drug-likeness (QED) is 0.441. The Morgan fingerprint density at radius 1 is 0.970 bits per heavy atom. The van der Waals surface area contributed by atoms with Crippen LogP contribution in [0.5, 0.6) is 5.75 Å². The number of rotatable bonds is 7. The number of fused-ring (bicyclic) bond motifs is 1. The van der Waals surface area contributed by atoms with Crippen LogP contribution in [-0.4, -0.2) is 46.7 Å². The SMILES string of the molecule is O=C(NCCOc1ccccc1)C1CCN(c2cc(-n3ccc4ccccc43)ncn2)CC1. The largest absolute Gasteiger partial charge is 0.492 e. The van der Waals surface area contributed by atoms with E-state index in [0.29, 0.717) is 13.2 Å². The first-order chi connectivity index (χ1) is 16.3. The van der Waals surface area contributed by atoms with Crippen molar-refractivity contribution in [2.24, 2.45) is 5.92 Å². The third kappa shape index (κ3) is 4.82. The van der Waals surface area contributed by atoms with E-state index >= 15 is 0 Å². The molecule has 4 aromatic rings. The first kappa shape index (κ1) is 21.0. The van der Waals surface area contributed by atoms with Crippen molar-refractivity contribution in [1.82, 2.24) is 19.9 Å². The standard InChI is InChI=1S/C26H27N5O2/c32-26(27-13-17-33-22-7-2-1-3-8-22)21-10-14-30(15-11-21)24-18-25(29-19-28-24)31-16-12-20-6-4-5-9-23(20)31/h1-9,12,16,18-19,21H,10-11,13-15,17H2,(H,27,32). The number of hydrogen-bond acceptors (Lipinski definition) is 5. The molecule has 7 heteroatoms. The van der Waals surface area contributed by atoms with Crippen molar-refractivity contribution >= 4 is 22.6 Å². The van der Waals surface area contributed by atoms with E-state index in [1.54, 1.807) is 6.33 Å². The number of anilines is 1. The first-order valence-electron chi connectivity index (χ1n) is 11.4. The number of nitrogens with zero attached hydrogens (tertiary/aromatic N) is 4. The number of aromatic nitrogens is 3. The highest BCUT2D eigenvalue weighted by Crippen LogP contribution is 2.25. The van der Waals surface area contributed by atoms with Crippen LogP contribution in [0.3, 0.4) is 0 Å². The minimum absolute atomic E-state index is 0.0210. The van der Waals surface area contributed by atoms with Gasteiger partial charge in [0.1, 0.15) is 30.3 Å². The number of piperidine rings is 1. The summed E-state index contributed by atoms with van der Waals surface area (Å²) in [6.45, 7) is 2.56. The number of nitrogens with one attached hydrogen (secondary N) is 1. The van der Waals surface area contributed by atoms with Gasteiger partial charge in [-0.15, -0.1) is 0 Å². The second kappa shape index (κ2) is 9.73. The lowest BCUT2D eigenvalue weighted by molar-refractivity contribution is -0.125. The van der Waals surface area contributed by atoms with E-state index in [4.69, 9.17) is 4.74 Å². The highest BCUT2D eigenvalue weighted by molar-refractivity contribution is 5.81. The summed E-state index contributed by atoms with van der Waals surface area (Å²) >= 11 is 0. The summed E-state index contributed by atoms with van der Waals surface area (Å²) in [6, 6.07) is 22.0. The van der Waals surface area contributed by atoms with Crippen molar-refractivity contribution < 1.29 is 9.53 Å². The zero-order valence-electron chi connectivity index (χ0n) is 18.4. The topological polar surface area (TPSA) is 72.3 Å². The van der Waals surface area contributed by atoms with Gasteiger partial charge < -0.3 is 19.5 Å². The van der Waals surface area contributed by atoms with Crippen LogP contribution < -0.4 is 15.0 Å². The third-order valence-electron chi connectivity index (χ3n) is 6.09. The Balaban J connectivity index is 1.14. The summed E-state index contributed by atoms with van der Waals surface area (Å²) < 4.78 is 7.73. The normalized spacial score (nSPS) is 14.4. The minimum atomic E-state index is 0.0210. The van der Waals surface area contributed by atoms with Crippen molar-refractivity contribution in [2.75, 3.05) is 31.1 Å². The number of carbonyl (C=O) groups excluding carboxylic acids is 1. The molecule has 0 saturated carbocycles. The fourth-order valence-electron chi connectivity index (χ4n) is 4.30. The van der Waals surface area contributed by atoms with Gasteiger partial charge in [0.2, 0.25) is 5.91 Å². The molecule has 1 aliphatic heterocycles. The van der Waals surface area contributed by atoms with Gasteiger partial charge in [0.15, 0.2) is 0 Å². The molecular weight excluding hydrogens is 414 g/mol. The molecule has 1 aliphatic rings. The van der Waals surface area contributed by atoms with Crippen LogP contribution in [0.25, 0.3) is 16.7 Å². The molecule has 2 aromatic heterocycles. The van der Waals surface area contributed by atoms with Gasteiger partial charge in [0, 0.05) is 31.3 Å². The number of hydrogen-bond donors (Lipinski definition) is 1. The lowest BCUT2D eigenvalue weighted by atomic mass is 9.96. The highest BCUT2D eigenvalue weighted by Gasteiger charge is 2.25. The van der Waals surface area contributed by atoms with Crippen molar-refractivity contribution in [2.45, 2.75) is 12.8 Å². The van der Waals surface area contributed by atoms with Gasteiger partial charge in [0.25, 0.3) is 0 Å².